The number of halogens is 2. The summed E-state index contributed by atoms with van der Waals surface area (Å²) in [6.45, 7) is 12.9. The van der Waals surface area contributed by atoms with E-state index in [1.54, 1.807) is 43.0 Å². The minimum Gasteiger partial charge on any atom is -0.371 e. The number of sulfonamides is 1. The maximum absolute atomic E-state index is 14.7. The molecule has 2 aliphatic rings. The zero-order chi connectivity index (χ0) is 37.8. The molecule has 1 saturated carbocycles. The van der Waals surface area contributed by atoms with Crippen LogP contribution in [0.2, 0.25) is 19.6 Å². The number of carbonyl (C=O) groups is 1. The molecule has 0 N–H and O–H groups in total. The number of ether oxygens (including phenoxy) is 2. The summed E-state index contributed by atoms with van der Waals surface area (Å²) in [5, 5.41) is 4.02. The molecule has 1 aliphatic carbocycles. The molecule has 3 aromatic rings. The molecule has 1 aliphatic heterocycles. The smallest absolute Gasteiger partial charge is 0.269 e. The average Bonchev–Trinajstić information content (AvgIpc) is 3.78. The van der Waals surface area contributed by atoms with E-state index in [2.05, 4.69) is 31.7 Å². The molecule has 0 bridgehead atoms. The van der Waals surface area contributed by atoms with Crippen molar-refractivity contribution >= 4 is 35.7 Å². The third-order valence-corrected chi connectivity index (χ3v) is 14.6. The molecule has 1 unspecified atom stereocenters. The summed E-state index contributed by atoms with van der Waals surface area (Å²) in [7, 11) is -6.14. The molecular formula is C38H52F2N4O6SSi. The van der Waals surface area contributed by atoms with Crippen molar-refractivity contribution in [2.24, 2.45) is 4.99 Å². The van der Waals surface area contributed by atoms with Gasteiger partial charge < -0.3 is 14.0 Å². The van der Waals surface area contributed by atoms with E-state index in [1.165, 1.54) is 6.07 Å². The van der Waals surface area contributed by atoms with Crippen molar-refractivity contribution in [1.29, 1.82) is 0 Å². The Kier molecular flexibility index (Phi) is 12.4. The summed E-state index contributed by atoms with van der Waals surface area (Å²) >= 11 is 0. The van der Waals surface area contributed by atoms with Gasteiger partial charge in [-0.25, -0.2) is 21.5 Å². The van der Waals surface area contributed by atoms with Crippen LogP contribution in [0, 0.1) is 13.8 Å². The number of amidine groups is 1. The van der Waals surface area contributed by atoms with E-state index in [-0.39, 0.29) is 42.3 Å². The van der Waals surface area contributed by atoms with Gasteiger partial charge in [0.2, 0.25) is 5.88 Å². The summed E-state index contributed by atoms with van der Waals surface area (Å²) in [6.07, 6.45) is 3.28. The summed E-state index contributed by atoms with van der Waals surface area (Å²) in [6, 6.07) is 12.0. The van der Waals surface area contributed by atoms with Gasteiger partial charge in [0.15, 0.2) is 0 Å². The molecule has 2 heterocycles. The molecule has 52 heavy (non-hydrogen) atoms. The number of nitrogens with zero attached hydrogens (tertiary/aromatic N) is 4. The molecule has 10 nitrogen and oxygen atoms in total. The number of unbranched alkanes of at least 4 members (excludes halogenated alkanes) is 1. The Morgan fingerprint density at radius 1 is 1.08 bits per heavy atom. The molecule has 0 saturated heterocycles. The molecular weight excluding hydrogens is 707 g/mol. The van der Waals surface area contributed by atoms with Gasteiger partial charge in [0.05, 0.1) is 31.8 Å². The number of alkyl halides is 2. The fourth-order valence-electron chi connectivity index (χ4n) is 6.60. The molecule has 1 fully saturated rings. The first kappa shape index (κ1) is 39.7. The number of benzene rings is 2. The lowest BCUT2D eigenvalue weighted by Gasteiger charge is -2.29. The van der Waals surface area contributed by atoms with Crippen LogP contribution in [-0.2, 0) is 37.4 Å². The van der Waals surface area contributed by atoms with Crippen LogP contribution in [0.5, 0.6) is 0 Å². The van der Waals surface area contributed by atoms with Gasteiger partial charge in [-0.15, -0.1) is 0 Å². The quantitative estimate of drug-likeness (QED) is 0.100. The Bertz CT molecular complexity index is 1870. The minimum atomic E-state index is -4.34. The number of amides is 1. The average molecular weight is 759 g/mol. The van der Waals surface area contributed by atoms with Crippen LogP contribution in [0.15, 0.2) is 56.9 Å². The van der Waals surface area contributed by atoms with Gasteiger partial charge >= 0.3 is 0 Å². The van der Waals surface area contributed by atoms with Crippen molar-refractivity contribution in [2.45, 2.75) is 128 Å². The molecule has 2 aromatic carbocycles. The maximum atomic E-state index is 14.7. The maximum Gasteiger partial charge on any atom is 0.269 e. The molecule has 1 atom stereocenters. The van der Waals surface area contributed by atoms with Crippen LogP contribution in [0.1, 0.15) is 81.2 Å². The summed E-state index contributed by atoms with van der Waals surface area (Å²) in [5.41, 5.74) is 2.37. The van der Waals surface area contributed by atoms with Gasteiger partial charge in [0, 0.05) is 23.3 Å². The highest BCUT2D eigenvalue weighted by molar-refractivity contribution is 7.93. The van der Waals surface area contributed by atoms with E-state index >= 15 is 0 Å². The Morgan fingerprint density at radius 3 is 2.42 bits per heavy atom. The number of carbonyl (C=O) groups excluding carboxylic acids is 1. The van der Waals surface area contributed by atoms with E-state index in [1.807, 2.05) is 19.1 Å². The van der Waals surface area contributed by atoms with Gasteiger partial charge in [-0.1, -0.05) is 87.4 Å². The summed E-state index contributed by atoms with van der Waals surface area (Å²) in [5.74, 6) is 0.853. The SMILES string of the molecule is CCCCC1=NC2(CCCC2)C(=O)N1Cc1ccc(-c2ccccc2S(=O)(=O)N(COC(C)[Si](C)(C)C)c2onc(C)c2C)c(COCC(F)F)c1. The van der Waals surface area contributed by atoms with Crippen molar-refractivity contribution in [1.82, 2.24) is 10.1 Å². The zero-order valence-corrected chi connectivity index (χ0v) is 33.2. The molecule has 0 radical (unpaired) electrons. The number of hydrogen-bond acceptors (Lipinski definition) is 8. The number of hydrogen-bond donors (Lipinski definition) is 0. The van der Waals surface area contributed by atoms with E-state index in [9.17, 15) is 22.0 Å². The lowest BCUT2D eigenvalue weighted by atomic mass is 9.96. The normalized spacial score (nSPS) is 16.7. The van der Waals surface area contributed by atoms with E-state index < -0.39 is 36.7 Å². The number of aromatic nitrogens is 1. The van der Waals surface area contributed by atoms with Gasteiger partial charge in [0.25, 0.3) is 22.4 Å². The molecule has 1 spiro atoms. The molecule has 14 heteroatoms. The van der Waals surface area contributed by atoms with Crippen LogP contribution < -0.4 is 4.31 Å². The number of anilines is 1. The largest absolute Gasteiger partial charge is 0.371 e. The Labute approximate surface area is 307 Å². The van der Waals surface area contributed by atoms with Crippen LogP contribution in [0.25, 0.3) is 11.1 Å². The lowest BCUT2D eigenvalue weighted by Crippen LogP contribution is -2.42. The molecule has 1 amide bonds. The van der Waals surface area contributed by atoms with Crippen molar-refractivity contribution in [3.05, 3.63) is 64.8 Å². The van der Waals surface area contributed by atoms with Crippen molar-refractivity contribution in [2.75, 3.05) is 17.6 Å². The van der Waals surface area contributed by atoms with Crippen molar-refractivity contribution < 1.29 is 36.0 Å². The van der Waals surface area contributed by atoms with Crippen LogP contribution in [-0.4, -0.2) is 69.3 Å². The lowest BCUT2D eigenvalue weighted by molar-refractivity contribution is -0.131. The zero-order valence-electron chi connectivity index (χ0n) is 31.4. The fraction of sp³-hybridized carbons (Fsp3) is 0.553. The topological polar surface area (TPSA) is 115 Å². The number of rotatable bonds is 17. The standard InChI is InChI=1S/C38H52F2N4O6SSi/c1-8-9-16-35-41-38(19-12-13-20-38)37(45)43(35)22-29-17-18-31(30(21-29)23-48-24-34(39)40)32-14-10-11-15-33(32)51(46,47)44(25-49-28(4)52(5,6)7)36-26(2)27(3)42-50-36/h10-11,14-15,17-18,21,28,34H,8-9,12-13,16,19-20,22-25H2,1-7H3. The number of aliphatic imine (C=N–C) groups is 1. The van der Waals surface area contributed by atoms with E-state index in [4.69, 9.17) is 19.0 Å². The summed E-state index contributed by atoms with van der Waals surface area (Å²) < 4.78 is 74.3. The fourth-order valence-corrected chi connectivity index (χ4v) is 8.71. The number of aryl methyl sites for hydroxylation is 1. The summed E-state index contributed by atoms with van der Waals surface area (Å²) in [4.78, 5) is 20.6. The van der Waals surface area contributed by atoms with Gasteiger partial charge in [-0.2, -0.15) is 0 Å². The van der Waals surface area contributed by atoms with Crippen molar-refractivity contribution in [3.8, 4) is 11.1 Å². The third-order valence-electron chi connectivity index (χ3n) is 10.3. The van der Waals surface area contributed by atoms with E-state index in [0.29, 0.717) is 34.4 Å². The highest BCUT2D eigenvalue weighted by atomic mass is 32.2. The first-order chi connectivity index (χ1) is 24.6. The first-order valence-corrected chi connectivity index (χ1v) is 23.2. The monoisotopic (exact) mass is 758 g/mol. The molecule has 1 aromatic heterocycles. The third kappa shape index (κ3) is 8.50. The Morgan fingerprint density at radius 2 is 1.79 bits per heavy atom. The van der Waals surface area contributed by atoms with Gasteiger partial charge in [-0.05, 0) is 62.8 Å². The predicted octanol–water partition coefficient (Wildman–Crippen LogP) is 8.42. The second kappa shape index (κ2) is 16.3. The second-order valence-corrected chi connectivity index (χ2v) is 22.4. The van der Waals surface area contributed by atoms with Crippen molar-refractivity contribution in [3.63, 3.8) is 0 Å². The first-order valence-electron chi connectivity index (χ1n) is 18.1. The molecule has 284 valence electrons. The predicted molar refractivity (Wildman–Crippen MR) is 201 cm³/mol. The van der Waals surface area contributed by atoms with Crippen LogP contribution in [0.3, 0.4) is 0 Å². The van der Waals surface area contributed by atoms with E-state index in [0.717, 1.165) is 54.2 Å². The van der Waals surface area contributed by atoms with Crippen LogP contribution in [0.4, 0.5) is 14.7 Å². The highest BCUT2D eigenvalue weighted by Gasteiger charge is 2.49. The molecule has 5 rings (SSSR count). The Balaban J connectivity index is 1.55. The van der Waals surface area contributed by atoms with Gasteiger partial charge in [0.1, 0.15) is 24.7 Å². The van der Waals surface area contributed by atoms with Gasteiger partial charge in [-0.3, -0.25) is 14.7 Å². The van der Waals surface area contributed by atoms with Crippen LogP contribution >= 0.6 is 0 Å². The Hall–Kier alpha value is -3.46. The highest BCUT2D eigenvalue weighted by Crippen LogP contribution is 2.41. The minimum absolute atomic E-state index is 0.0100. The second-order valence-electron chi connectivity index (χ2n) is 15.0.